The molecule has 0 aromatic carbocycles. The van der Waals surface area contributed by atoms with Crippen LogP contribution in [0.25, 0.3) is 5.82 Å². The molecule has 138 valence electrons. The first-order valence-electron chi connectivity index (χ1n) is 8.65. The van der Waals surface area contributed by atoms with E-state index in [4.69, 9.17) is 4.74 Å². The second kappa shape index (κ2) is 7.94. The van der Waals surface area contributed by atoms with Gasteiger partial charge in [-0.15, -0.1) is 10.2 Å². The van der Waals surface area contributed by atoms with E-state index < -0.39 is 0 Å². The summed E-state index contributed by atoms with van der Waals surface area (Å²) in [4.78, 5) is 26.4. The third-order valence-corrected chi connectivity index (χ3v) is 4.36. The molecule has 0 radical (unpaired) electrons. The molecule has 9 nitrogen and oxygen atoms in total. The monoisotopic (exact) mass is 358 g/mol. The summed E-state index contributed by atoms with van der Waals surface area (Å²) < 4.78 is 6.57. The molecule has 1 aliphatic rings. The van der Waals surface area contributed by atoms with Gasteiger partial charge in [-0.3, -0.25) is 9.59 Å². The third kappa shape index (κ3) is 3.66. The van der Waals surface area contributed by atoms with Crippen molar-refractivity contribution in [3.8, 4) is 11.7 Å². The van der Waals surface area contributed by atoms with Crippen LogP contribution in [0.2, 0.25) is 0 Å². The maximum absolute atomic E-state index is 12.5. The van der Waals surface area contributed by atoms with Crippen LogP contribution in [0.3, 0.4) is 0 Å². The van der Waals surface area contributed by atoms with E-state index in [0.717, 1.165) is 25.9 Å². The highest BCUT2D eigenvalue weighted by atomic mass is 16.5. The Hall–Kier alpha value is -2.97. The van der Waals surface area contributed by atoms with Crippen molar-refractivity contribution in [2.24, 2.45) is 0 Å². The fourth-order valence-corrected chi connectivity index (χ4v) is 2.97. The first-order valence-corrected chi connectivity index (χ1v) is 8.65. The first-order chi connectivity index (χ1) is 12.6. The molecule has 0 aliphatic carbocycles. The molecule has 1 N–H and O–H groups in total. The molecule has 3 heterocycles. The number of likely N-dealkylation sites (tertiary alicyclic amines) is 1. The lowest BCUT2D eigenvalue weighted by atomic mass is 10.2. The highest BCUT2D eigenvalue weighted by Gasteiger charge is 2.21. The third-order valence-electron chi connectivity index (χ3n) is 4.36. The Morgan fingerprint density at radius 3 is 2.62 bits per heavy atom. The molecule has 2 amide bonds. The van der Waals surface area contributed by atoms with Gasteiger partial charge in [0.05, 0.1) is 31.1 Å². The van der Waals surface area contributed by atoms with Crippen LogP contribution in [-0.2, 0) is 11.2 Å². The number of carbonyl (C=O) groups excluding carboxylic acids is 2. The molecule has 26 heavy (non-hydrogen) atoms. The molecular weight excluding hydrogens is 336 g/mol. The first kappa shape index (κ1) is 17.8. The summed E-state index contributed by atoms with van der Waals surface area (Å²) in [5.41, 5.74) is 1.13. The van der Waals surface area contributed by atoms with Crippen molar-refractivity contribution in [1.82, 2.24) is 30.2 Å². The zero-order valence-corrected chi connectivity index (χ0v) is 14.9. The molecule has 1 saturated heterocycles. The lowest BCUT2D eigenvalue weighted by molar-refractivity contribution is -0.129. The van der Waals surface area contributed by atoms with E-state index in [1.54, 1.807) is 21.7 Å². The standard InChI is InChI=1S/C17H22N6O3/c1-3-13-12(17(25)18-11-16(24)22-8-4-5-9-22)10-19-23(13)14-6-7-15(26-2)21-20-14/h6-7,10H,3-5,8-9,11H2,1-2H3,(H,18,25). The lowest BCUT2D eigenvalue weighted by Crippen LogP contribution is -2.38. The van der Waals surface area contributed by atoms with E-state index >= 15 is 0 Å². The largest absolute Gasteiger partial charge is 0.480 e. The minimum absolute atomic E-state index is 0.00446. The van der Waals surface area contributed by atoms with Crippen LogP contribution in [0.4, 0.5) is 0 Å². The van der Waals surface area contributed by atoms with Crippen molar-refractivity contribution < 1.29 is 14.3 Å². The molecule has 0 atom stereocenters. The Labute approximate surface area is 151 Å². The molecule has 0 saturated carbocycles. The second-order valence-electron chi connectivity index (χ2n) is 5.97. The normalized spacial score (nSPS) is 13.7. The zero-order chi connectivity index (χ0) is 18.5. The Bertz CT molecular complexity index is 780. The number of aromatic nitrogens is 4. The van der Waals surface area contributed by atoms with Crippen LogP contribution in [0.1, 0.15) is 35.8 Å². The fourth-order valence-electron chi connectivity index (χ4n) is 2.97. The lowest BCUT2D eigenvalue weighted by Gasteiger charge is -2.15. The van der Waals surface area contributed by atoms with Gasteiger partial charge in [0.25, 0.3) is 5.91 Å². The number of carbonyl (C=O) groups is 2. The molecule has 3 rings (SSSR count). The molecule has 0 bridgehead atoms. The topological polar surface area (TPSA) is 102 Å². The van der Waals surface area contributed by atoms with Crippen molar-refractivity contribution in [3.05, 3.63) is 29.6 Å². The molecule has 9 heteroatoms. The Morgan fingerprint density at radius 1 is 1.23 bits per heavy atom. The SMILES string of the molecule is CCc1c(C(=O)NCC(=O)N2CCCC2)cnn1-c1ccc(OC)nn1. The van der Waals surface area contributed by atoms with Crippen LogP contribution in [-0.4, -0.2) is 63.4 Å². The summed E-state index contributed by atoms with van der Waals surface area (Å²) in [7, 11) is 1.51. The smallest absolute Gasteiger partial charge is 0.255 e. The molecular formula is C17H22N6O3. The van der Waals surface area contributed by atoms with Gasteiger partial charge in [-0.25, -0.2) is 4.68 Å². The summed E-state index contributed by atoms with van der Waals surface area (Å²) in [6, 6.07) is 3.40. The van der Waals surface area contributed by atoms with Crippen LogP contribution >= 0.6 is 0 Å². The predicted octanol–water partition coefficient (Wildman–Crippen LogP) is 0.585. The quantitative estimate of drug-likeness (QED) is 0.811. The number of amides is 2. The molecule has 0 unspecified atom stereocenters. The van der Waals surface area contributed by atoms with E-state index in [1.165, 1.54) is 13.3 Å². The van der Waals surface area contributed by atoms with Gasteiger partial charge in [0.15, 0.2) is 5.82 Å². The van der Waals surface area contributed by atoms with Gasteiger partial charge in [-0.05, 0) is 25.3 Å². The Kier molecular flexibility index (Phi) is 5.45. The number of hydrogen-bond donors (Lipinski definition) is 1. The number of ether oxygens (including phenoxy) is 1. The Morgan fingerprint density at radius 2 is 2.00 bits per heavy atom. The number of hydrogen-bond acceptors (Lipinski definition) is 6. The van der Waals surface area contributed by atoms with Gasteiger partial charge >= 0.3 is 0 Å². The van der Waals surface area contributed by atoms with Crippen molar-refractivity contribution in [3.63, 3.8) is 0 Å². The van der Waals surface area contributed by atoms with E-state index in [0.29, 0.717) is 29.4 Å². The van der Waals surface area contributed by atoms with Crippen molar-refractivity contribution >= 4 is 11.8 Å². The van der Waals surface area contributed by atoms with Crippen molar-refractivity contribution in [2.75, 3.05) is 26.7 Å². The van der Waals surface area contributed by atoms with Gasteiger partial charge in [0, 0.05) is 19.2 Å². The average Bonchev–Trinajstić information content (AvgIpc) is 3.35. The van der Waals surface area contributed by atoms with Crippen LogP contribution in [0.15, 0.2) is 18.3 Å². The minimum atomic E-state index is -0.317. The van der Waals surface area contributed by atoms with E-state index in [-0.39, 0.29) is 18.4 Å². The zero-order valence-electron chi connectivity index (χ0n) is 14.9. The highest BCUT2D eigenvalue weighted by molar-refractivity contribution is 5.97. The average molecular weight is 358 g/mol. The van der Waals surface area contributed by atoms with Gasteiger partial charge in [0.1, 0.15) is 0 Å². The minimum Gasteiger partial charge on any atom is -0.480 e. The van der Waals surface area contributed by atoms with E-state index in [2.05, 4.69) is 20.6 Å². The van der Waals surface area contributed by atoms with Crippen LogP contribution < -0.4 is 10.1 Å². The maximum Gasteiger partial charge on any atom is 0.255 e. The number of rotatable bonds is 6. The number of nitrogens with one attached hydrogen (secondary N) is 1. The van der Waals surface area contributed by atoms with Crippen LogP contribution in [0, 0.1) is 0 Å². The van der Waals surface area contributed by atoms with Gasteiger partial charge in [-0.1, -0.05) is 6.92 Å². The molecule has 1 aliphatic heterocycles. The predicted molar refractivity (Wildman–Crippen MR) is 93.2 cm³/mol. The van der Waals surface area contributed by atoms with Crippen molar-refractivity contribution in [1.29, 1.82) is 0 Å². The van der Waals surface area contributed by atoms with Crippen molar-refractivity contribution in [2.45, 2.75) is 26.2 Å². The summed E-state index contributed by atoms with van der Waals surface area (Å²) in [6.45, 7) is 3.46. The molecule has 2 aromatic rings. The van der Waals surface area contributed by atoms with Gasteiger partial charge in [-0.2, -0.15) is 5.10 Å². The van der Waals surface area contributed by atoms with E-state index in [9.17, 15) is 9.59 Å². The molecule has 0 spiro atoms. The second-order valence-corrected chi connectivity index (χ2v) is 5.97. The summed E-state index contributed by atoms with van der Waals surface area (Å²) in [6.07, 6.45) is 4.11. The summed E-state index contributed by atoms with van der Waals surface area (Å²) in [5, 5.41) is 14.9. The van der Waals surface area contributed by atoms with Crippen LogP contribution in [0.5, 0.6) is 5.88 Å². The van der Waals surface area contributed by atoms with Gasteiger partial charge < -0.3 is 15.0 Å². The molecule has 2 aromatic heterocycles. The van der Waals surface area contributed by atoms with Gasteiger partial charge in [0.2, 0.25) is 11.8 Å². The summed E-state index contributed by atoms with van der Waals surface area (Å²) in [5.74, 6) is 0.525. The summed E-state index contributed by atoms with van der Waals surface area (Å²) >= 11 is 0. The number of nitrogens with zero attached hydrogens (tertiary/aromatic N) is 5. The number of methoxy groups -OCH3 is 1. The maximum atomic E-state index is 12.5. The molecule has 1 fully saturated rings. The Balaban J connectivity index is 1.72. The van der Waals surface area contributed by atoms with E-state index in [1.807, 2.05) is 6.92 Å². The fraction of sp³-hybridized carbons (Fsp3) is 0.471. The highest BCUT2D eigenvalue weighted by Crippen LogP contribution is 2.15.